The van der Waals surface area contributed by atoms with Gasteiger partial charge in [0.1, 0.15) is 0 Å². The Kier molecular flexibility index (Phi) is 3.50. The van der Waals surface area contributed by atoms with E-state index < -0.39 is 0 Å². The summed E-state index contributed by atoms with van der Waals surface area (Å²) in [5.41, 5.74) is 11.7. The van der Waals surface area contributed by atoms with Gasteiger partial charge in [0.15, 0.2) is 5.78 Å². The fourth-order valence-corrected chi connectivity index (χ4v) is 3.53. The van der Waals surface area contributed by atoms with Crippen molar-refractivity contribution in [3.05, 3.63) is 50.4 Å². The number of nitrogens with two attached hydrogens (primary N) is 1. The van der Waals surface area contributed by atoms with Crippen LogP contribution in [0.15, 0.2) is 12.1 Å². The first-order valence-electron chi connectivity index (χ1n) is 6.31. The van der Waals surface area contributed by atoms with E-state index in [9.17, 15) is 4.79 Å². The molecule has 0 saturated heterocycles. The molecule has 2 rings (SSSR count). The second-order valence-corrected chi connectivity index (χ2v) is 6.38. The summed E-state index contributed by atoms with van der Waals surface area (Å²) in [6, 6.07) is 4.09. The summed E-state index contributed by atoms with van der Waals surface area (Å²) in [6.07, 6.45) is 0. The van der Waals surface area contributed by atoms with Gasteiger partial charge in [-0.15, -0.1) is 11.3 Å². The Balaban J connectivity index is 2.63. The van der Waals surface area contributed by atoms with Crippen LogP contribution in [-0.2, 0) is 0 Å². The molecule has 0 radical (unpaired) electrons. The van der Waals surface area contributed by atoms with E-state index in [1.165, 1.54) is 16.9 Å². The third-order valence-corrected chi connectivity index (χ3v) is 4.58. The number of ketones is 1. The van der Waals surface area contributed by atoms with E-state index in [1.807, 2.05) is 46.8 Å². The highest BCUT2D eigenvalue weighted by Crippen LogP contribution is 2.33. The van der Waals surface area contributed by atoms with E-state index in [0.717, 1.165) is 27.1 Å². The third-order valence-electron chi connectivity index (χ3n) is 3.54. The Morgan fingerprint density at radius 3 is 1.95 bits per heavy atom. The van der Waals surface area contributed by atoms with Crippen LogP contribution >= 0.6 is 11.3 Å². The van der Waals surface area contributed by atoms with Gasteiger partial charge in [0, 0.05) is 10.4 Å². The lowest BCUT2D eigenvalue weighted by atomic mass is 9.92. The number of benzene rings is 1. The smallest absolute Gasteiger partial charge is 0.196 e. The summed E-state index contributed by atoms with van der Waals surface area (Å²) in [4.78, 5) is 13.9. The maximum Gasteiger partial charge on any atom is 0.196 e. The van der Waals surface area contributed by atoms with Gasteiger partial charge in [-0.1, -0.05) is 17.7 Å². The van der Waals surface area contributed by atoms with Crippen molar-refractivity contribution < 1.29 is 4.79 Å². The molecule has 0 atom stereocenters. The zero-order valence-electron chi connectivity index (χ0n) is 12.0. The van der Waals surface area contributed by atoms with Gasteiger partial charge in [-0.3, -0.25) is 4.79 Å². The van der Waals surface area contributed by atoms with Crippen LogP contribution in [0.5, 0.6) is 0 Å². The van der Waals surface area contributed by atoms with Gasteiger partial charge >= 0.3 is 0 Å². The Morgan fingerprint density at radius 1 is 1.00 bits per heavy atom. The van der Waals surface area contributed by atoms with E-state index in [2.05, 4.69) is 0 Å². The van der Waals surface area contributed by atoms with Crippen molar-refractivity contribution in [2.75, 3.05) is 5.73 Å². The number of anilines is 1. The normalized spacial score (nSPS) is 10.8. The van der Waals surface area contributed by atoms with E-state index in [0.29, 0.717) is 10.6 Å². The highest BCUT2D eigenvalue weighted by molar-refractivity contribution is 7.16. The molecule has 2 aromatic rings. The molecule has 0 aliphatic rings. The summed E-state index contributed by atoms with van der Waals surface area (Å²) in [6.45, 7) is 9.98. The van der Waals surface area contributed by atoms with Crippen molar-refractivity contribution in [3.63, 3.8) is 0 Å². The molecule has 0 unspecified atom stereocenters. The highest BCUT2D eigenvalue weighted by Gasteiger charge is 2.22. The van der Waals surface area contributed by atoms with Crippen molar-refractivity contribution >= 4 is 22.1 Å². The molecule has 2 N–H and O–H groups in total. The summed E-state index contributed by atoms with van der Waals surface area (Å²) in [5, 5.41) is 0.624. The van der Waals surface area contributed by atoms with E-state index in [4.69, 9.17) is 5.73 Å². The van der Waals surface area contributed by atoms with Gasteiger partial charge in [-0.05, 0) is 51.3 Å². The fraction of sp³-hybridized carbons (Fsp3) is 0.312. The van der Waals surface area contributed by atoms with Crippen LogP contribution in [0.4, 0.5) is 5.00 Å². The van der Waals surface area contributed by atoms with Crippen LogP contribution in [0.1, 0.15) is 43.1 Å². The Labute approximate surface area is 118 Å². The minimum atomic E-state index is 0.0503. The lowest BCUT2D eigenvalue weighted by Crippen LogP contribution is -2.09. The van der Waals surface area contributed by atoms with Crippen molar-refractivity contribution in [1.29, 1.82) is 0 Å². The largest absolute Gasteiger partial charge is 0.390 e. The van der Waals surface area contributed by atoms with Crippen molar-refractivity contribution in [1.82, 2.24) is 0 Å². The van der Waals surface area contributed by atoms with Crippen LogP contribution in [0, 0.1) is 34.6 Å². The number of hydrogen-bond acceptors (Lipinski definition) is 3. The van der Waals surface area contributed by atoms with Crippen LogP contribution < -0.4 is 5.73 Å². The molecule has 100 valence electrons. The number of aryl methyl sites for hydroxylation is 4. The molecule has 19 heavy (non-hydrogen) atoms. The summed E-state index contributed by atoms with van der Waals surface area (Å²) in [5.74, 6) is 0.0503. The number of nitrogen functional groups attached to an aromatic ring is 1. The Bertz CT molecular complexity index is 645. The minimum absolute atomic E-state index is 0.0503. The average molecular weight is 273 g/mol. The number of thiophene rings is 1. The summed E-state index contributed by atoms with van der Waals surface area (Å²) < 4.78 is 0. The quantitative estimate of drug-likeness (QED) is 0.837. The van der Waals surface area contributed by atoms with Gasteiger partial charge in [0.25, 0.3) is 0 Å². The van der Waals surface area contributed by atoms with Crippen molar-refractivity contribution in [3.8, 4) is 0 Å². The molecule has 3 heteroatoms. The second-order valence-electron chi connectivity index (χ2n) is 5.13. The number of rotatable bonds is 2. The lowest BCUT2D eigenvalue weighted by molar-refractivity contribution is 0.103. The first-order chi connectivity index (χ1) is 8.82. The maximum atomic E-state index is 12.8. The molecule has 0 bridgehead atoms. The average Bonchev–Trinajstić information content (AvgIpc) is 2.51. The molecule has 0 aliphatic carbocycles. The molecule has 0 fully saturated rings. The molecule has 0 saturated carbocycles. The first kappa shape index (κ1) is 13.8. The van der Waals surface area contributed by atoms with Gasteiger partial charge in [-0.2, -0.15) is 0 Å². The first-order valence-corrected chi connectivity index (χ1v) is 7.12. The standard InChI is InChI=1S/C16H19NOS/c1-8-6-9(2)13(10(3)7-8)15(18)14-11(4)12(5)19-16(14)17/h6-7H,17H2,1-5H3. The molecule has 1 aromatic heterocycles. The molecule has 1 aromatic carbocycles. The van der Waals surface area contributed by atoms with Crippen LogP contribution in [0.25, 0.3) is 0 Å². The zero-order valence-corrected chi connectivity index (χ0v) is 12.9. The second kappa shape index (κ2) is 4.82. The minimum Gasteiger partial charge on any atom is -0.390 e. The number of hydrogen-bond donors (Lipinski definition) is 1. The van der Waals surface area contributed by atoms with Gasteiger partial charge in [-0.25, -0.2) is 0 Å². The lowest BCUT2D eigenvalue weighted by Gasteiger charge is -2.11. The van der Waals surface area contributed by atoms with Gasteiger partial charge < -0.3 is 5.73 Å². The number of carbonyl (C=O) groups excluding carboxylic acids is 1. The summed E-state index contributed by atoms with van der Waals surface area (Å²) >= 11 is 1.49. The third kappa shape index (κ3) is 2.30. The predicted molar refractivity (Wildman–Crippen MR) is 82.3 cm³/mol. The molecule has 0 aliphatic heterocycles. The van der Waals surface area contributed by atoms with E-state index in [-0.39, 0.29) is 5.78 Å². The summed E-state index contributed by atoms with van der Waals surface area (Å²) in [7, 11) is 0. The van der Waals surface area contributed by atoms with Crippen molar-refractivity contribution in [2.24, 2.45) is 0 Å². The molecular formula is C16H19NOS. The predicted octanol–water partition coefficient (Wildman–Crippen LogP) is 4.10. The topological polar surface area (TPSA) is 43.1 Å². The van der Waals surface area contributed by atoms with Crippen LogP contribution in [0.3, 0.4) is 0 Å². The fourth-order valence-electron chi connectivity index (χ4n) is 2.60. The molecule has 0 amide bonds. The van der Waals surface area contributed by atoms with Crippen molar-refractivity contribution in [2.45, 2.75) is 34.6 Å². The number of carbonyl (C=O) groups is 1. The molecule has 0 spiro atoms. The Morgan fingerprint density at radius 2 is 1.53 bits per heavy atom. The Hall–Kier alpha value is -1.61. The SMILES string of the molecule is Cc1cc(C)c(C(=O)c2c(N)sc(C)c2C)c(C)c1. The highest BCUT2D eigenvalue weighted by atomic mass is 32.1. The monoisotopic (exact) mass is 273 g/mol. The van der Waals surface area contributed by atoms with Gasteiger partial charge in [0.2, 0.25) is 0 Å². The molecule has 2 nitrogen and oxygen atoms in total. The van der Waals surface area contributed by atoms with Crippen LogP contribution in [0.2, 0.25) is 0 Å². The van der Waals surface area contributed by atoms with Gasteiger partial charge in [0.05, 0.1) is 10.6 Å². The molecule has 1 heterocycles. The molecular weight excluding hydrogens is 254 g/mol. The van der Waals surface area contributed by atoms with E-state index >= 15 is 0 Å². The van der Waals surface area contributed by atoms with Crippen LogP contribution in [-0.4, -0.2) is 5.78 Å². The zero-order chi connectivity index (χ0) is 14.3. The maximum absolute atomic E-state index is 12.8. The van der Waals surface area contributed by atoms with E-state index in [1.54, 1.807) is 0 Å².